The smallest absolute Gasteiger partial charge is 0.356 e. The third-order valence-corrected chi connectivity index (χ3v) is 3.11. The number of aryl methyl sites for hydroxylation is 2. The molecular formula is C15H17N3O2. The van der Waals surface area contributed by atoms with E-state index in [0.29, 0.717) is 5.82 Å². The van der Waals surface area contributed by atoms with Crippen LogP contribution in [0, 0.1) is 0 Å². The Morgan fingerprint density at radius 2 is 1.85 bits per heavy atom. The lowest BCUT2D eigenvalue weighted by Crippen LogP contribution is -2.06. The van der Waals surface area contributed by atoms with E-state index in [1.54, 1.807) is 0 Å². The first-order valence-electron chi connectivity index (χ1n) is 6.58. The van der Waals surface area contributed by atoms with E-state index in [9.17, 15) is 4.79 Å². The fraction of sp³-hybridized carbons (Fsp3) is 0.267. The second-order valence-corrected chi connectivity index (χ2v) is 4.38. The second kappa shape index (κ2) is 6.14. The Bertz CT molecular complexity index is 604. The molecule has 0 aliphatic rings. The van der Waals surface area contributed by atoms with Gasteiger partial charge in [-0.2, -0.15) is 0 Å². The van der Waals surface area contributed by atoms with E-state index in [-0.39, 0.29) is 5.69 Å². The van der Waals surface area contributed by atoms with E-state index in [4.69, 9.17) is 5.11 Å². The Labute approximate surface area is 117 Å². The Morgan fingerprint density at radius 1 is 1.20 bits per heavy atom. The monoisotopic (exact) mass is 271 g/mol. The normalized spacial score (nSPS) is 10.3. The summed E-state index contributed by atoms with van der Waals surface area (Å²) in [5, 5.41) is 12.1. The number of carboxylic acid groups (broad SMARTS) is 1. The first-order chi connectivity index (χ1) is 9.65. The number of aromatic nitrogens is 2. The molecule has 104 valence electrons. The van der Waals surface area contributed by atoms with Gasteiger partial charge in [0.25, 0.3) is 0 Å². The third-order valence-electron chi connectivity index (χ3n) is 3.11. The van der Waals surface area contributed by atoms with Gasteiger partial charge in [0.2, 0.25) is 0 Å². The Kier molecular flexibility index (Phi) is 4.30. The summed E-state index contributed by atoms with van der Waals surface area (Å²) in [6.07, 6.45) is 4.54. The van der Waals surface area contributed by atoms with E-state index in [2.05, 4.69) is 41.3 Å². The molecule has 0 spiro atoms. The van der Waals surface area contributed by atoms with Crippen LogP contribution in [0.1, 0.15) is 35.5 Å². The number of hydrogen-bond donors (Lipinski definition) is 2. The van der Waals surface area contributed by atoms with Crippen molar-refractivity contribution in [2.24, 2.45) is 0 Å². The van der Waals surface area contributed by atoms with Gasteiger partial charge in [-0.15, -0.1) is 0 Å². The zero-order valence-corrected chi connectivity index (χ0v) is 11.6. The van der Waals surface area contributed by atoms with Gasteiger partial charge in [-0.25, -0.2) is 9.78 Å². The molecule has 0 radical (unpaired) electrons. The van der Waals surface area contributed by atoms with E-state index >= 15 is 0 Å². The van der Waals surface area contributed by atoms with Crippen LogP contribution in [0.3, 0.4) is 0 Å². The minimum Gasteiger partial charge on any atom is -0.476 e. The maximum absolute atomic E-state index is 10.9. The zero-order chi connectivity index (χ0) is 14.5. The lowest BCUT2D eigenvalue weighted by Gasteiger charge is -2.14. The van der Waals surface area contributed by atoms with Gasteiger partial charge in [0.15, 0.2) is 5.69 Å². The van der Waals surface area contributed by atoms with Gasteiger partial charge in [0.1, 0.15) is 5.82 Å². The highest BCUT2D eigenvalue weighted by Gasteiger charge is 2.10. The van der Waals surface area contributed by atoms with Crippen LogP contribution in [0.5, 0.6) is 0 Å². The number of nitrogens with zero attached hydrogens (tertiary/aromatic N) is 2. The molecule has 1 aromatic heterocycles. The van der Waals surface area contributed by atoms with Crippen molar-refractivity contribution in [3.63, 3.8) is 0 Å². The average Bonchev–Trinajstić information content (AvgIpc) is 2.47. The molecule has 0 aliphatic carbocycles. The van der Waals surface area contributed by atoms with Crippen LogP contribution < -0.4 is 5.32 Å². The maximum Gasteiger partial charge on any atom is 0.356 e. The van der Waals surface area contributed by atoms with Crippen LogP contribution in [0.25, 0.3) is 0 Å². The lowest BCUT2D eigenvalue weighted by atomic mass is 10.0. The molecule has 0 fully saturated rings. The number of benzene rings is 1. The lowest BCUT2D eigenvalue weighted by molar-refractivity contribution is 0.0690. The molecule has 0 saturated heterocycles. The summed E-state index contributed by atoms with van der Waals surface area (Å²) in [5.74, 6) is -0.638. The molecule has 0 bridgehead atoms. The van der Waals surface area contributed by atoms with Gasteiger partial charge in [0.05, 0.1) is 12.4 Å². The van der Waals surface area contributed by atoms with Crippen molar-refractivity contribution in [2.75, 3.05) is 5.32 Å². The fourth-order valence-electron chi connectivity index (χ4n) is 2.06. The first-order valence-corrected chi connectivity index (χ1v) is 6.58. The Balaban J connectivity index is 2.39. The highest BCUT2D eigenvalue weighted by molar-refractivity contribution is 5.85. The van der Waals surface area contributed by atoms with E-state index in [1.807, 2.05) is 6.07 Å². The summed E-state index contributed by atoms with van der Waals surface area (Å²) < 4.78 is 0. The van der Waals surface area contributed by atoms with Crippen molar-refractivity contribution in [3.05, 3.63) is 47.4 Å². The van der Waals surface area contributed by atoms with Gasteiger partial charge in [-0.3, -0.25) is 4.98 Å². The summed E-state index contributed by atoms with van der Waals surface area (Å²) >= 11 is 0. The molecule has 0 saturated carbocycles. The van der Waals surface area contributed by atoms with Crippen molar-refractivity contribution in [1.82, 2.24) is 9.97 Å². The van der Waals surface area contributed by atoms with Gasteiger partial charge in [0, 0.05) is 5.69 Å². The van der Waals surface area contributed by atoms with E-state index in [1.165, 1.54) is 23.5 Å². The molecule has 0 amide bonds. The predicted octanol–water partition coefficient (Wildman–Crippen LogP) is 3.04. The Morgan fingerprint density at radius 3 is 2.40 bits per heavy atom. The van der Waals surface area contributed by atoms with Crippen molar-refractivity contribution in [3.8, 4) is 0 Å². The van der Waals surface area contributed by atoms with Crippen LogP contribution in [0.4, 0.5) is 11.5 Å². The molecule has 5 heteroatoms. The molecule has 0 atom stereocenters. The summed E-state index contributed by atoms with van der Waals surface area (Å²) in [6, 6.07) is 6.13. The summed E-state index contributed by atoms with van der Waals surface area (Å²) in [4.78, 5) is 18.9. The number of hydrogen-bond acceptors (Lipinski definition) is 4. The number of rotatable bonds is 5. The minimum absolute atomic E-state index is 0.0676. The topological polar surface area (TPSA) is 75.1 Å². The van der Waals surface area contributed by atoms with Crippen LogP contribution >= 0.6 is 0 Å². The minimum atomic E-state index is -1.08. The summed E-state index contributed by atoms with van der Waals surface area (Å²) in [7, 11) is 0. The standard InChI is InChI=1S/C15H17N3O2/c1-3-10-6-5-7-11(4-2)14(10)18-13-9-16-8-12(17-13)15(19)20/h5-9H,3-4H2,1-2H3,(H,17,18)(H,19,20). The van der Waals surface area contributed by atoms with Gasteiger partial charge in [-0.05, 0) is 24.0 Å². The largest absolute Gasteiger partial charge is 0.476 e. The molecule has 20 heavy (non-hydrogen) atoms. The fourth-order valence-corrected chi connectivity index (χ4v) is 2.06. The quantitative estimate of drug-likeness (QED) is 0.874. The highest BCUT2D eigenvalue weighted by atomic mass is 16.4. The molecule has 2 rings (SSSR count). The molecule has 2 N–H and O–H groups in total. The number of nitrogens with one attached hydrogen (secondary N) is 1. The van der Waals surface area contributed by atoms with Crippen molar-refractivity contribution < 1.29 is 9.90 Å². The summed E-state index contributed by atoms with van der Waals surface area (Å²) in [5.41, 5.74) is 3.27. The van der Waals surface area contributed by atoms with Crippen LogP contribution in [0.15, 0.2) is 30.6 Å². The zero-order valence-electron chi connectivity index (χ0n) is 11.6. The van der Waals surface area contributed by atoms with Crippen molar-refractivity contribution >= 4 is 17.5 Å². The number of carboxylic acids is 1. The number of anilines is 2. The van der Waals surface area contributed by atoms with Crippen LogP contribution in [-0.4, -0.2) is 21.0 Å². The van der Waals surface area contributed by atoms with Crippen molar-refractivity contribution in [2.45, 2.75) is 26.7 Å². The molecular weight excluding hydrogens is 254 g/mol. The van der Waals surface area contributed by atoms with Crippen LogP contribution in [-0.2, 0) is 12.8 Å². The average molecular weight is 271 g/mol. The van der Waals surface area contributed by atoms with Crippen LogP contribution in [0.2, 0.25) is 0 Å². The molecule has 0 unspecified atom stereocenters. The van der Waals surface area contributed by atoms with Crippen molar-refractivity contribution in [1.29, 1.82) is 0 Å². The molecule has 0 aliphatic heterocycles. The van der Waals surface area contributed by atoms with E-state index in [0.717, 1.165) is 18.5 Å². The van der Waals surface area contributed by atoms with Gasteiger partial charge >= 0.3 is 5.97 Å². The molecule has 2 aromatic rings. The molecule has 1 heterocycles. The highest BCUT2D eigenvalue weighted by Crippen LogP contribution is 2.25. The van der Waals surface area contributed by atoms with Gasteiger partial charge in [-0.1, -0.05) is 32.0 Å². The molecule has 5 nitrogen and oxygen atoms in total. The number of carbonyl (C=O) groups is 1. The second-order valence-electron chi connectivity index (χ2n) is 4.38. The Hall–Kier alpha value is -2.43. The molecule has 1 aromatic carbocycles. The predicted molar refractivity (Wildman–Crippen MR) is 77.5 cm³/mol. The number of para-hydroxylation sites is 1. The SMILES string of the molecule is CCc1cccc(CC)c1Nc1cncc(C(=O)O)n1. The van der Waals surface area contributed by atoms with E-state index < -0.39 is 5.97 Å². The number of aromatic carboxylic acids is 1. The summed E-state index contributed by atoms with van der Waals surface area (Å²) in [6.45, 7) is 4.17. The third kappa shape index (κ3) is 2.93. The maximum atomic E-state index is 10.9. The van der Waals surface area contributed by atoms with Gasteiger partial charge < -0.3 is 10.4 Å². The first kappa shape index (κ1) is 14.0.